The van der Waals surface area contributed by atoms with Crippen molar-refractivity contribution in [2.24, 2.45) is 5.92 Å². The quantitative estimate of drug-likeness (QED) is 0.898. The molecule has 0 radical (unpaired) electrons. The van der Waals surface area contributed by atoms with Crippen LogP contribution in [0.5, 0.6) is 0 Å². The van der Waals surface area contributed by atoms with Crippen LogP contribution in [0.4, 0.5) is 0 Å². The number of likely N-dealkylation sites (tertiary alicyclic amines) is 1. The lowest BCUT2D eigenvalue weighted by Gasteiger charge is -2.32. The minimum atomic E-state index is -3.09. The number of benzene rings is 1. The largest absolute Gasteiger partial charge is 0.299 e. The van der Waals surface area contributed by atoms with Gasteiger partial charge in [-0.1, -0.05) is 45.0 Å². The molecule has 23 heavy (non-hydrogen) atoms. The lowest BCUT2D eigenvalue weighted by atomic mass is 9.86. The van der Waals surface area contributed by atoms with Crippen LogP contribution >= 0.6 is 0 Å². The minimum absolute atomic E-state index is 0.187. The lowest BCUT2D eigenvalue weighted by Crippen LogP contribution is -2.40. The number of piperidine rings is 1. The lowest BCUT2D eigenvalue weighted by molar-refractivity contribution is 0.169. The van der Waals surface area contributed by atoms with Crippen LogP contribution in [0, 0.1) is 5.92 Å². The first-order valence-corrected chi connectivity index (χ1v) is 10.3. The standard InChI is InChI=1S/C18H30N2O2S/c1-18(2,3)17-9-7-15(8-10-17)13-20-11-5-6-16(14-20)12-19-23(4,21)22/h7-10,16,19H,5-6,11-14H2,1-4H3. The first-order valence-electron chi connectivity index (χ1n) is 8.40. The van der Waals surface area contributed by atoms with Gasteiger partial charge in [-0.3, -0.25) is 4.90 Å². The Bertz CT molecular complexity index is 603. The fraction of sp³-hybridized carbons (Fsp3) is 0.667. The van der Waals surface area contributed by atoms with Crippen LogP contribution in [0.2, 0.25) is 0 Å². The van der Waals surface area contributed by atoms with Crippen molar-refractivity contribution < 1.29 is 8.42 Å². The number of nitrogens with zero attached hydrogens (tertiary/aromatic N) is 1. The highest BCUT2D eigenvalue weighted by atomic mass is 32.2. The SMILES string of the molecule is CC(C)(C)c1ccc(CN2CCCC(CNS(C)(=O)=O)C2)cc1. The number of hydrogen-bond acceptors (Lipinski definition) is 3. The first kappa shape index (κ1) is 18.4. The van der Waals surface area contributed by atoms with Crippen molar-refractivity contribution in [3.05, 3.63) is 35.4 Å². The van der Waals surface area contributed by atoms with Gasteiger partial charge in [0.05, 0.1) is 6.26 Å². The summed E-state index contributed by atoms with van der Waals surface area (Å²) in [5, 5.41) is 0. The van der Waals surface area contributed by atoms with Crippen molar-refractivity contribution in [1.29, 1.82) is 0 Å². The number of sulfonamides is 1. The molecule has 1 aromatic carbocycles. The summed E-state index contributed by atoms with van der Waals surface area (Å²) in [5.74, 6) is 0.410. The molecule has 0 aromatic heterocycles. The Morgan fingerprint density at radius 1 is 1.22 bits per heavy atom. The maximum absolute atomic E-state index is 11.2. The van der Waals surface area contributed by atoms with E-state index in [1.54, 1.807) is 0 Å². The number of rotatable bonds is 5. The molecule has 0 amide bonds. The highest BCUT2D eigenvalue weighted by molar-refractivity contribution is 7.88. The second-order valence-corrected chi connectivity index (χ2v) is 9.64. The molecule has 4 nitrogen and oxygen atoms in total. The molecule has 1 N–H and O–H groups in total. The summed E-state index contributed by atoms with van der Waals surface area (Å²) in [4.78, 5) is 2.43. The minimum Gasteiger partial charge on any atom is -0.299 e. The molecule has 1 unspecified atom stereocenters. The third kappa shape index (κ3) is 6.24. The monoisotopic (exact) mass is 338 g/mol. The maximum atomic E-state index is 11.2. The summed E-state index contributed by atoms with van der Waals surface area (Å²) in [6, 6.07) is 8.89. The maximum Gasteiger partial charge on any atom is 0.208 e. The Morgan fingerprint density at radius 3 is 2.43 bits per heavy atom. The third-order valence-electron chi connectivity index (χ3n) is 4.46. The molecule has 5 heteroatoms. The predicted molar refractivity (Wildman–Crippen MR) is 96.0 cm³/mol. The van der Waals surface area contributed by atoms with Crippen LogP contribution in [-0.2, 0) is 22.0 Å². The molecular weight excluding hydrogens is 308 g/mol. The van der Waals surface area contributed by atoms with Crippen molar-refractivity contribution >= 4 is 10.0 Å². The summed E-state index contributed by atoms with van der Waals surface area (Å²) in [6.07, 6.45) is 3.46. The van der Waals surface area contributed by atoms with Gasteiger partial charge in [-0.15, -0.1) is 0 Å². The first-order chi connectivity index (χ1) is 10.6. The average Bonchev–Trinajstić information content (AvgIpc) is 2.44. The normalized spacial score (nSPS) is 20.6. The molecule has 0 saturated carbocycles. The van der Waals surface area contributed by atoms with E-state index in [0.717, 1.165) is 32.5 Å². The van der Waals surface area contributed by atoms with Crippen molar-refractivity contribution in [1.82, 2.24) is 9.62 Å². The van der Waals surface area contributed by atoms with Crippen LogP contribution in [0.1, 0.15) is 44.7 Å². The highest BCUT2D eigenvalue weighted by Gasteiger charge is 2.21. The van der Waals surface area contributed by atoms with Gasteiger partial charge >= 0.3 is 0 Å². The second-order valence-electron chi connectivity index (χ2n) is 7.81. The van der Waals surface area contributed by atoms with Gasteiger partial charge in [0, 0.05) is 19.6 Å². The fourth-order valence-corrected chi connectivity index (χ4v) is 3.64. The molecule has 2 rings (SSSR count). The zero-order chi connectivity index (χ0) is 17.1. The summed E-state index contributed by atoms with van der Waals surface area (Å²) >= 11 is 0. The molecule has 1 saturated heterocycles. The van der Waals surface area contributed by atoms with Gasteiger partial charge in [-0.2, -0.15) is 0 Å². The number of hydrogen-bond donors (Lipinski definition) is 1. The smallest absolute Gasteiger partial charge is 0.208 e. The van der Waals surface area contributed by atoms with E-state index in [0.29, 0.717) is 12.5 Å². The van der Waals surface area contributed by atoms with Gasteiger partial charge in [0.1, 0.15) is 0 Å². The Labute approximate surface area is 141 Å². The van der Waals surface area contributed by atoms with Crippen LogP contribution in [0.25, 0.3) is 0 Å². The van der Waals surface area contributed by atoms with E-state index in [-0.39, 0.29) is 5.41 Å². The summed E-state index contributed by atoms with van der Waals surface area (Å²) in [7, 11) is -3.09. The van der Waals surface area contributed by atoms with Crippen LogP contribution in [0.3, 0.4) is 0 Å². The van der Waals surface area contributed by atoms with E-state index in [4.69, 9.17) is 0 Å². The summed E-state index contributed by atoms with van der Waals surface area (Å²) < 4.78 is 25.1. The van der Waals surface area contributed by atoms with Gasteiger partial charge in [-0.25, -0.2) is 13.1 Å². The Balaban J connectivity index is 1.90. The van der Waals surface area contributed by atoms with E-state index in [1.165, 1.54) is 17.4 Å². The molecule has 0 aliphatic carbocycles. The average molecular weight is 339 g/mol. The van der Waals surface area contributed by atoms with E-state index in [1.807, 2.05) is 0 Å². The molecule has 1 aliphatic heterocycles. The summed E-state index contributed by atoms with van der Waals surface area (Å²) in [6.45, 7) is 10.2. The topological polar surface area (TPSA) is 49.4 Å². The summed E-state index contributed by atoms with van der Waals surface area (Å²) in [5.41, 5.74) is 2.87. The van der Waals surface area contributed by atoms with Crippen molar-refractivity contribution in [3.63, 3.8) is 0 Å². The van der Waals surface area contributed by atoms with Crippen molar-refractivity contribution in [3.8, 4) is 0 Å². The molecule has 130 valence electrons. The van der Waals surface area contributed by atoms with Crippen LogP contribution < -0.4 is 4.72 Å². The molecule has 1 heterocycles. The van der Waals surface area contributed by atoms with Gasteiger partial charge in [-0.05, 0) is 41.8 Å². The number of nitrogens with one attached hydrogen (secondary N) is 1. The third-order valence-corrected chi connectivity index (χ3v) is 5.15. The van der Waals surface area contributed by atoms with E-state index in [9.17, 15) is 8.42 Å². The van der Waals surface area contributed by atoms with Gasteiger partial charge in [0.25, 0.3) is 0 Å². The van der Waals surface area contributed by atoms with Crippen molar-refractivity contribution in [2.75, 3.05) is 25.9 Å². The van der Waals surface area contributed by atoms with Crippen molar-refractivity contribution in [2.45, 2.75) is 45.6 Å². The van der Waals surface area contributed by atoms with Gasteiger partial charge < -0.3 is 0 Å². The molecule has 1 aliphatic rings. The zero-order valence-corrected chi connectivity index (χ0v) is 15.6. The Kier molecular flexibility index (Phi) is 5.87. The van der Waals surface area contributed by atoms with Gasteiger partial charge in [0.2, 0.25) is 10.0 Å². The highest BCUT2D eigenvalue weighted by Crippen LogP contribution is 2.23. The predicted octanol–water partition coefficient (Wildman–Crippen LogP) is 2.75. The Morgan fingerprint density at radius 2 is 1.87 bits per heavy atom. The second kappa shape index (κ2) is 7.32. The van der Waals surface area contributed by atoms with Crippen LogP contribution in [-0.4, -0.2) is 39.2 Å². The Hall–Kier alpha value is -0.910. The van der Waals surface area contributed by atoms with Crippen LogP contribution in [0.15, 0.2) is 24.3 Å². The molecule has 0 spiro atoms. The van der Waals surface area contributed by atoms with E-state index >= 15 is 0 Å². The zero-order valence-electron chi connectivity index (χ0n) is 14.8. The molecule has 1 fully saturated rings. The molecule has 1 atom stereocenters. The molecule has 1 aromatic rings. The molecular formula is C18H30N2O2S. The fourth-order valence-electron chi connectivity index (χ4n) is 3.10. The van der Waals surface area contributed by atoms with E-state index < -0.39 is 10.0 Å². The van der Waals surface area contributed by atoms with Gasteiger partial charge in [0.15, 0.2) is 0 Å². The van der Waals surface area contributed by atoms with E-state index in [2.05, 4.69) is 54.7 Å². The molecule has 0 bridgehead atoms.